The van der Waals surface area contributed by atoms with E-state index in [0.717, 1.165) is 18.1 Å². The molecule has 0 amide bonds. The number of hydrogen-bond donors (Lipinski definition) is 1. The SMILES string of the molecule is CC(CCS(C)=O)NC1CCC(C)(C)CC1C. The Morgan fingerprint density at radius 2 is 2.12 bits per heavy atom. The third-order valence-electron chi connectivity index (χ3n) is 4.03. The quantitative estimate of drug-likeness (QED) is 0.822. The highest BCUT2D eigenvalue weighted by Crippen LogP contribution is 2.38. The summed E-state index contributed by atoms with van der Waals surface area (Å²) < 4.78 is 11.1. The fraction of sp³-hybridized carbons (Fsp3) is 1.00. The van der Waals surface area contributed by atoms with Crippen molar-refractivity contribution in [2.24, 2.45) is 11.3 Å². The van der Waals surface area contributed by atoms with Crippen LogP contribution in [0.5, 0.6) is 0 Å². The first-order valence-electron chi connectivity index (χ1n) is 6.86. The zero-order chi connectivity index (χ0) is 13.1. The fourth-order valence-corrected chi connectivity index (χ4v) is 3.67. The van der Waals surface area contributed by atoms with E-state index in [2.05, 4.69) is 33.0 Å². The van der Waals surface area contributed by atoms with Crippen molar-refractivity contribution in [1.29, 1.82) is 0 Å². The average Bonchev–Trinajstić information content (AvgIpc) is 2.18. The first kappa shape index (κ1) is 15.2. The fourth-order valence-electron chi connectivity index (χ4n) is 2.99. The van der Waals surface area contributed by atoms with Crippen LogP contribution in [0.4, 0.5) is 0 Å². The Morgan fingerprint density at radius 1 is 1.47 bits per heavy atom. The molecule has 1 saturated carbocycles. The van der Waals surface area contributed by atoms with Crippen molar-refractivity contribution < 1.29 is 4.21 Å². The second-order valence-corrected chi connectivity index (χ2v) is 8.18. The molecule has 0 heterocycles. The summed E-state index contributed by atoms with van der Waals surface area (Å²) >= 11 is 0. The molecule has 4 unspecified atom stereocenters. The molecule has 1 fully saturated rings. The molecule has 0 saturated heterocycles. The summed E-state index contributed by atoms with van der Waals surface area (Å²) in [5.41, 5.74) is 0.520. The molecule has 1 rings (SSSR count). The van der Waals surface area contributed by atoms with E-state index in [0.29, 0.717) is 17.5 Å². The maximum Gasteiger partial charge on any atom is 0.0246 e. The van der Waals surface area contributed by atoms with Crippen LogP contribution in [0.2, 0.25) is 0 Å². The van der Waals surface area contributed by atoms with Crippen LogP contribution in [0.1, 0.15) is 53.4 Å². The molecule has 4 atom stereocenters. The topological polar surface area (TPSA) is 29.1 Å². The minimum Gasteiger partial charge on any atom is -0.311 e. The Balaban J connectivity index is 2.34. The summed E-state index contributed by atoms with van der Waals surface area (Å²) in [4.78, 5) is 0. The minimum absolute atomic E-state index is 0.493. The molecule has 1 N–H and O–H groups in total. The lowest BCUT2D eigenvalue weighted by molar-refractivity contribution is 0.142. The van der Waals surface area contributed by atoms with Crippen molar-refractivity contribution in [2.75, 3.05) is 12.0 Å². The Bertz CT molecular complexity index is 265. The summed E-state index contributed by atoms with van der Waals surface area (Å²) in [7, 11) is -0.654. The van der Waals surface area contributed by atoms with Gasteiger partial charge in [-0.05, 0) is 43.9 Å². The van der Waals surface area contributed by atoms with E-state index in [-0.39, 0.29) is 0 Å². The summed E-state index contributed by atoms with van der Waals surface area (Å²) in [6.07, 6.45) is 6.74. The number of nitrogens with one attached hydrogen (secondary N) is 1. The van der Waals surface area contributed by atoms with Gasteiger partial charge in [0.05, 0.1) is 0 Å². The van der Waals surface area contributed by atoms with Crippen molar-refractivity contribution in [2.45, 2.75) is 65.5 Å². The highest BCUT2D eigenvalue weighted by Gasteiger charge is 2.32. The lowest BCUT2D eigenvalue weighted by atomic mass is 9.70. The minimum atomic E-state index is -0.654. The molecular weight excluding hydrogens is 230 g/mol. The molecule has 3 heteroatoms. The molecule has 0 aliphatic heterocycles. The smallest absolute Gasteiger partial charge is 0.0246 e. The van der Waals surface area contributed by atoms with E-state index in [9.17, 15) is 4.21 Å². The van der Waals surface area contributed by atoms with Crippen LogP contribution in [-0.4, -0.2) is 28.3 Å². The standard InChI is InChI=1S/C14H29NOS/c1-11-10-14(3,4)8-6-13(11)15-12(2)7-9-17(5)16/h11-13,15H,6-10H2,1-5H3. The van der Waals surface area contributed by atoms with Gasteiger partial charge in [-0.15, -0.1) is 0 Å². The molecule has 1 aliphatic carbocycles. The highest BCUT2D eigenvalue weighted by molar-refractivity contribution is 7.84. The summed E-state index contributed by atoms with van der Waals surface area (Å²) in [5, 5.41) is 3.73. The molecule has 0 aromatic heterocycles. The lowest BCUT2D eigenvalue weighted by Gasteiger charge is -2.40. The maximum absolute atomic E-state index is 11.1. The van der Waals surface area contributed by atoms with Crippen LogP contribution >= 0.6 is 0 Å². The largest absolute Gasteiger partial charge is 0.311 e. The average molecular weight is 259 g/mol. The van der Waals surface area contributed by atoms with Crippen LogP contribution in [0.3, 0.4) is 0 Å². The van der Waals surface area contributed by atoms with Crippen molar-refractivity contribution in [3.8, 4) is 0 Å². The first-order chi connectivity index (χ1) is 7.80. The van der Waals surface area contributed by atoms with Gasteiger partial charge in [0.1, 0.15) is 0 Å². The third-order valence-corrected chi connectivity index (χ3v) is 4.84. The molecule has 0 aromatic carbocycles. The predicted octanol–water partition coefficient (Wildman–Crippen LogP) is 2.95. The van der Waals surface area contributed by atoms with Gasteiger partial charge >= 0.3 is 0 Å². The number of rotatable bonds is 5. The van der Waals surface area contributed by atoms with Crippen LogP contribution < -0.4 is 5.32 Å². The molecule has 0 spiro atoms. The van der Waals surface area contributed by atoms with Gasteiger partial charge in [-0.25, -0.2) is 0 Å². The van der Waals surface area contributed by atoms with Gasteiger partial charge in [0, 0.05) is 34.9 Å². The van der Waals surface area contributed by atoms with Crippen molar-refractivity contribution in [3.05, 3.63) is 0 Å². The molecule has 1 aliphatic rings. The molecule has 102 valence electrons. The summed E-state index contributed by atoms with van der Waals surface area (Å²) in [5.74, 6) is 1.58. The van der Waals surface area contributed by atoms with E-state index >= 15 is 0 Å². The monoisotopic (exact) mass is 259 g/mol. The van der Waals surface area contributed by atoms with Crippen molar-refractivity contribution in [3.63, 3.8) is 0 Å². The second-order valence-electron chi connectivity index (χ2n) is 6.62. The van der Waals surface area contributed by atoms with Crippen LogP contribution in [-0.2, 0) is 10.8 Å². The van der Waals surface area contributed by atoms with E-state index in [4.69, 9.17) is 0 Å². The van der Waals surface area contributed by atoms with Crippen molar-refractivity contribution >= 4 is 10.8 Å². The zero-order valence-electron chi connectivity index (χ0n) is 12.1. The third kappa shape index (κ3) is 5.52. The van der Waals surface area contributed by atoms with E-state index < -0.39 is 10.8 Å². The molecular formula is C14H29NOS. The van der Waals surface area contributed by atoms with Gasteiger partial charge in [-0.3, -0.25) is 4.21 Å². The summed E-state index contributed by atoms with van der Waals surface area (Å²) in [6, 6.07) is 1.15. The van der Waals surface area contributed by atoms with E-state index in [1.807, 2.05) is 0 Å². The molecule has 0 bridgehead atoms. The Kier molecular flexibility index (Phi) is 5.65. The van der Waals surface area contributed by atoms with Gasteiger partial charge in [0.2, 0.25) is 0 Å². The predicted molar refractivity (Wildman–Crippen MR) is 76.7 cm³/mol. The first-order valence-corrected chi connectivity index (χ1v) is 8.59. The van der Waals surface area contributed by atoms with E-state index in [1.165, 1.54) is 19.3 Å². The second kappa shape index (κ2) is 6.33. The Hall–Kier alpha value is 0.110. The highest BCUT2D eigenvalue weighted by atomic mass is 32.2. The van der Waals surface area contributed by atoms with Gasteiger partial charge < -0.3 is 5.32 Å². The maximum atomic E-state index is 11.1. The van der Waals surface area contributed by atoms with Gasteiger partial charge in [-0.1, -0.05) is 20.8 Å². The van der Waals surface area contributed by atoms with Gasteiger partial charge in [0.15, 0.2) is 0 Å². The Labute approximate surface area is 109 Å². The van der Waals surface area contributed by atoms with Gasteiger partial charge in [-0.2, -0.15) is 0 Å². The molecule has 0 aromatic rings. The van der Waals surface area contributed by atoms with Crippen LogP contribution in [0, 0.1) is 11.3 Å². The zero-order valence-corrected chi connectivity index (χ0v) is 12.9. The lowest BCUT2D eigenvalue weighted by Crippen LogP contribution is -2.45. The molecule has 0 radical (unpaired) electrons. The van der Waals surface area contributed by atoms with Crippen LogP contribution in [0.15, 0.2) is 0 Å². The van der Waals surface area contributed by atoms with Crippen molar-refractivity contribution in [1.82, 2.24) is 5.32 Å². The number of hydrogen-bond acceptors (Lipinski definition) is 2. The van der Waals surface area contributed by atoms with E-state index in [1.54, 1.807) is 6.26 Å². The van der Waals surface area contributed by atoms with Crippen LogP contribution in [0.25, 0.3) is 0 Å². The Morgan fingerprint density at radius 3 is 2.65 bits per heavy atom. The summed E-state index contributed by atoms with van der Waals surface area (Å²) in [6.45, 7) is 9.34. The van der Waals surface area contributed by atoms with Gasteiger partial charge in [0.25, 0.3) is 0 Å². The molecule has 2 nitrogen and oxygen atoms in total. The normalized spacial score (nSPS) is 32.1. The molecule has 17 heavy (non-hydrogen) atoms.